The highest BCUT2D eigenvalue weighted by molar-refractivity contribution is 6.39. The van der Waals surface area contributed by atoms with Crippen molar-refractivity contribution < 1.29 is 33.6 Å². The van der Waals surface area contributed by atoms with Crippen molar-refractivity contribution >= 4 is 46.9 Å². The maximum Gasteiger partial charge on any atom is 0.335 e. The van der Waals surface area contributed by atoms with Crippen LogP contribution in [0.15, 0.2) is 66.2 Å². The van der Waals surface area contributed by atoms with E-state index in [2.05, 4.69) is 10.6 Å². The van der Waals surface area contributed by atoms with Gasteiger partial charge in [-0.3, -0.25) is 29.8 Å². The Kier molecular flexibility index (Phi) is 7.89. The summed E-state index contributed by atoms with van der Waals surface area (Å²) < 4.78 is 11.0. The number of benzene rings is 3. The fraction of sp³-hybridized carbons (Fsp3) is 0.143. The number of nitrogens with zero attached hydrogens (tertiary/aromatic N) is 2. The van der Waals surface area contributed by atoms with Crippen molar-refractivity contribution in [2.45, 2.75) is 13.8 Å². The van der Waals surface area contributed by atoms with Gasteiger partial charge in [0.1, 0.15) is 5.57 Å². The molecule has 3 aromatic carbocycles. The number of nitro groups is 1. The van der Waals surface area contributed by atoms with E-state index in [9.17, 15) is 29.3 Å². The van der Waals surface area contributed by atoms with Gasteiger partial charge in [0.05, 0.1) is 17.7 Å². The summed E-state index contributed by atoms with van der Waals surface area (Å²) in [7, 11) is 1.39. The maximum absolute atomic E-state index is 13.1. The van der Waals surface area contributed by atoms with Crippen molar-refractivity contribution in [2.75, 3.05) is 23.9 Å². The van der Waals surface area contributed by atoms with E-state index in [4.69, 9.17) is 9.47 Å². The Morgan fingerprint density at radius 3 is 2.38 bits per heavy atom. The second-order valence-corrected chi connectivity index (χ2v) is 8.78. The lowest BCUT2D eigenvalue weighted by Gasteiger charge is -2.26. The third kappa shape index (κ3) is 5.96. The zero-order valence-corrected chi connectivity index (χ0v) is 21.7. The Hall–Kier alpha value is -5.52. The number of ether oxygens (including phenoxy) is 2. The first-order valence-corrected chi connectivity index (χ1v) is 11.9. The van der Waals surface area contributed by atoms with Crippen LogP contribution in [-0.4, -0.2) is 42.4 Å². The lowest BCUT2D eigenvalue weighted by atomic mass is 10.1. The van der Waals surface area contributed by atoms with Gasteiger partial charge in [0.15, 0.2) is 18.1 Å². The first-order chi connectivity index (χ1) is 19.1. The molecule has 3 aromatic rings. The predicted octanol–water partition coefficient (Wildman–Crippen LogP) is 3.90. The number of urea groups is 1. The second-order valence-electron chi connectivity index (χ2n) is 8.78. The van der Waals surface area contributed by atoms with Gasteiger partial charge in [-0.25, -0.2) is 9.69 Å². The number of hydrogen-bond acceptors (Lipinski definition) is 8. The zero-order chi connectivity index (χ0) is 29.0. The standard InChI is InChI=1S/C28H24N4O8/c1-16-4-6-19(12-17(16)2)29-25(33)15-40-23-11-5-18(14-24(23)39-3)13-22-26(34)30-28(36)31(27(22)35)20-7-9-21(10-8-20)32(37)38/h4-14H,15H2,1-3H3,(H,29,33)(H,30,34,36)/b22-13-. The van der Waals surface area contributed by atoms with Crippen LogP contribution in [0.1, 0.15) is 16.7 Å². The van der Waals surface area contributed by atoms with Crippen molar-refractivity contribution in [3.63, 3.8) is 0 Å². The fourth-order valence-electron chi connectivity index (χ4n) is 3.83. The molecule has 204 valence electrons. The molecule has 0 saturated carbocycles. The van der Waals surface area contributed by atoms with Crippen LogP contribution in [0.25, 0.3) is 6.08 Å². The average Bonchev–Trinajstić information content (AvgIpc) is 2.92. The molecule has 1 aliphatic heterocycles. The van der Waals surface area contributed by atoms with Gasteiger partial charge in [0.2, 0.25) is 0 Å². The molecule has 4 rings (SSSR count). The molecule has 0 aromatic heterocycles. The summed E-state index contributed by atoms with van der Waals surface area (Å²) in [5.74, 6) is -1.71. The summed E-state index contributed by atoms with van der Waals surface area (Å²) in [5, 5.41) is 15.8. The van der Waals surface area contributed by atoms with E-state index in [-0.39, 0.29) is 41.0 Å². The van der Waals surface area contributed by atoms with E-state index in [1.54, 1.807) is 12.1 Å². The molecular weight excluding hydrogens is 520 g/mol. The molecule has 5 amide bonds. The normalized spacial score (nSPS) is 14.1. The van der Waals surface area contributed by atoms with Gasteiger partial charge in [-0.05, 0) is 73.0 Å². The van der Waals surface area contributed by atoms with Crippen molar-refractivity contribution in [3.8, 4) is 11.5 Å². The number of hydrogen-bond donors (Lipinski definition) is 2. The lowest BCUT2D eigenvalue weighted by Crippen LogP contribution is -2.54. The van der Waals surface area contributed by atoms with E-state index >= 15 is 0 Å². The zero-order valence-electron chi connectivity index (χ0n) is 21.7. The minimum atomic E-state index is -0.985. The number of amides is 5. The predicted molar refractivity (Wildman–Crippen MR) is 145 cm³/mol. The van der Waals surface area contributed by atoms with E-state index in [1.807, 2.05) is 26.0 Å². The SMILES string of the molecule is COc1cc(/C=C2/C(=O)NC(=O)N(c3ccc([N+](=O)[O-])cc3)C2=O)ccc1OCC(=O)Nc1ccc(C)c(C)c1. The van der Waals surface area contributed by atoms with E-state index < -0.39 is 22.8 Å². The molecule has 0 aliphatic carbocycles. The first kappa shape index (κ1) is 27.5. The van der Waals surface area contributed by atoms with E-state index in [1.165, 1.54) is 37.5 Å². The summed E-state index contributed by atoms with van der Waals surface area (Å²) in [5.41, 5.74) is 2.64. The summed E-state index contributed by atoms with van der Waals surface area (Å²) >= 11 is 0. The van der Waals surface area contributed by atoms with Crippen LogP contribution < -0.4 is 25.0 Å². The Morgan fingerprint density at radius 1 is 1.00 bits per heavy atom. The van der Waals surface area contributed by atoms with Crippen LogP contribution in [0, 0.1) is 24.0 Å². The third-order valence-electron chi connectivity index (χ3n) is 6.07. The van der Waals surface area contributed by atoms with Gasteiger partial charge in [-0.15, -0.1) is 0 Å². The number of anilines is 2. The van der Waals surface area contributed by atoms with Crippen molar-refractivity contribution in [1.82, 2.24) is 5.32 Å². The Morgan fingerprint density at radius 2 is 1.73 bits per heavy atom. The molecule has 40 heavy (non-hydrogen) atoms. The Labute approximate surface area is 228 Å². The molecule has 1 heterocycles. The molecule has 0 radical (unpaired) electrons. The fourth-order valence-corrected chi connectivity index (χ4v) is 3.83. The highest BCUT2D eigenvalue weighted by Crippen LogP contribution is 2.30. The quantitative estimate of drug-likeness (QED) is 0.187. The molecule has 0 unspecified atom stereocenters. The van der Waals surface area contributed by atoms with Crippen LogP contribution in [0.2, 0.25) is 0 Å². The number of methoxy groups -OCH3 is 1. The summed E-state index contributed by atoms with van der Waals surface area (Å²) in [4.78, 5) is 61.4. The number of carbonyl (C=O) groups is 4. The molecule has 0 atom stereocenters. The number of imide groups is 2. The third-order valence-corrected chi connectivity index (χ3v) is 6.07. The number of nitrogens with one attached hydrogen (secondary N) is 2. The summed E-state index contributed by atoms with van der Waals surface area (Å²) in [6.07, 6.45) is 1.27. The van der Waals surface area contributed by atoms with Crippen molar-refractivity contribution in [3.05, 3.63) is 93.0 Å². The highest BCUT2D eigenvalue weighted by Gasteiger charge is 2.37. The second kappa shape index (κ2) is 11.5. The van der Waals surface area contributed by atoms with Crippen LogP contribution in [0.5, 0.6) is 11.5 Å². The van der Waals surface area contributed by atoms with Crippen molar-refractivity contribution in [1.29, 1.82) is 0 Å². The summed E-state index contributed by atoms with van der Waals surface area (Å²) in [6.45, 7) is 3.62. The van der Waals surface area contributed by atoms with Gasteiger partial charge in [-0.1, -0.05) is 12.1 Å². The number of nitro benzene ring substituents is 1. The number of carbonyl (C=O) groups excluding carboxylic acids is 4. The van der Waals surface area contributed by atoms with Gasteiger partial charge >= 0.3 is 6.03 Å². The molecule has 2 N–H and O–H groups in total. The van der Waals surface area contributed by atoms with Gasteiger partial charge in [-0.2, -0.15) is 0 Å². The Balaban J connectivity index is 1.50. The van der Waals surface area contributed by atoms with Crippen LogP contribution in [0.4, 0.5) is 21.9 Å². The number of non-ortho nitro benzene ring substituents is 1. The molecule has 1 fully saturated rings. The number of aryl methyl sites for hydroxylation is 2. The van der Waals surface area contributed by atoms with Gasteiger partial charge in [0, 0.05) is 17.8 Å². The number of rotatable bonds is 8. The maximum atomic E-state index is 13.1. The molecule has 12 heteroatoms. The molecule has 1 saturated heterocycles. The Bertz CT molecular complexity index is 1560. The minimum Gasteiger partial charge on any atom is -0.493 e. The molecule has 12 nitrogen and oxygen atoms in total. The first-order valence-electron chi connectivity index (χ1n) is 11.9. The average molecular weight is 545 g/mol. The van der Waals surface area contributed by atoms with E-state index in [0.717, 1.165) is 23.3 Å². The molecule has 0 spiro atoms. The van der Waals surface area contributed by atoms with Gasteiger partial charge in [0.25, 0.3) is 23.4 Å². The monoisotopic (exact) mass is 544 g/mol. The van der Waals surface area contributed by atoms with E-state index in [0.29, 0.717) is 16.2 Å². The molecular formula is C28H24N4O8. The highest BCUT2D eigenvalue weighted by atomic mass is 16.6. The lowest BCUT2D eigenvalue weighted by molar-refractivity contribution is -0.384. The van der Waals surface area contributed by atoms with Crippen LogP contribution in [-0.2, 0) is 14.4 Å². The van der Waals surface area contributed by atoms with Crippen molar-refractivity contribution in [2.24, 2.45) is 0 Å². The minimum absolute atomic E-state index is 0.0481. The summed E-state index contributed by atoms with van der Waals surface area (Å²) in [6, 6.07) is 13.9. The van der Waals surface area contributed by atoms with Gasteiger partial charge < -0.3 is 14.8 Å². The largest absolute Gasteiger partial charge is 0.493 e. The topological polar surface area (TPSA) is 157 Å². The smallest absolute Gasteiger partial charge is 0.335 e. The number of barbiturate groups is 1. The van der Waals surface area contributed by atoms with Crippen LogP contribution in [0.3, 0.4) is 0 Å². The van der Waals surface area contributed by atoms with Crippen LogP contribution >= 0.6 is 0 Å². The molecule has 1 aliphatic rings. The molecule has 0 bridgehead atoms.